The van der Waals surface area contributed by atoms with Crippen LogP contribution in [0, 0.1) is 0 Å². The molecule has 0 bridgehead atoms. The summed E-state index contributed by atoms with van der Waals surface area (Å²) in [5.41, 5.74) is -0.108. The van der Waals surface area contributed by atoms with Crippen molar-refractivity contribution in [2.75, 3.05) is 0 Å². The van der Waals surface area contributed by atoms with Gasteiger partial charge in [0.15, 0.2) is 12.4 Å². The van der Waals surface area contributed by atoms with E-state index in [9.17, 15) is 4.79 Å². The van der Waals surface area contributed by atoms with Crippen molar-refractivity contribution >= 4 is 17.6 Å². The van der Waals surface area contributed by atoms with E-state index in [0.29, 0.717) is 17.5 Å². The van der Waals surface area contributed by atoms with Gasteiger partial charge in [-0.15, -0.1) is 0 Å². The van der Waals surface area contributed by atoms with Gasteiger partial charge in [-0.3, -0.25) is 0 Å². The molecule has 0 amide bonds. The molecule has 0 atom stereocenters. The predicted molar refractivity (Wildman–Crippen MR) is 75.7 cm³/mol. The van der Waals surface area contributed by atoms with Crippen LogP contribution >= 0.6 is 11.6 Å². The minimum absolute atomic E-state index is 0.0647. The Morgan fingerprint density at radius 1 is 1.43 bits per heavy atom. The second kappa shape index (κ2) is 5.73. The summed E-state index contributed by atoms with van der Waals surface area (Å²) in [7, 11) is 0. The molecule has 1 aromatic heterocycles. The van der Waals surface area contributed by atoms with Gasteiger partial charge in [0.1, 0.15) is 5.75 Å². The second-order valence-electron chi connectivity index (χ2n) is 5.50. The highest BCUT2D eigenvalue weighted by atomic mass is 35.5. The lowest BCUT2D eigenvalue weighted by Crippen LogP contribution is -2.13. The smallest absolute Gasteiger partial charge is 0.335 e. The van der Waals surface area contributed by atoms with Crippen LogP contribution in [0.4, 0.5) is 0 Å². The summed E-state index contributed by atoms with van der Waals surface area (Å²) in [6, 6.07) is 4.23. The Bertz CT molecular complexity index is 661. The van der Waals surface area contributed by atoms with Crippen molar-refractivity contribution in [1.29, 1.82) is 0 Å². The van der Waals surface area contributed by atoms with Crippen molar-refractivity contribution in [2.24, 2.45) is 0 Å². The predicted octanol–water partition coefficient (Wildman–Crippen LogP) is 3.30. The zero-order valence-corrected chi connectivity index (χ0v) is 12.6. The molecular formula is C14H15ClN2O4. The number of hydrogen-bond donors (Lipinski definition) is 1. The van der Waals surface area contributed by atoms with Crippen LogP contribution in [0.3, 0.4) is 0 Å². The Morgan fingerprint density at radius 3 is 2.67 bits per heavy atom. The summed E-state index contributed by atoms with van der Waals surface area (Å²) in [5.74, 6) is 0.235. The fraction of sp³-hybridized carbons (Fsp3) is 0.357. The molecule has 0 fully saturated rings. The molecule has 0 aliphatic rings. The van der Waals surface area contributed by atoms with Crippen molar-refractivity contribution in [3.8, 4) is 5.75 Å². The van der Waals surface area contributed by atoms with Crippen molar-refractivity contribution in [1.82, 2.24) is 10.1 Å². The number of aromatic carboxylic acids is 1. The third kappa shape index (κ3) is 3.72. The molecule has 0 aliphatic heterocycles. The summed E-state index contributed by atoms with van der Waals surface area (Å²) in [6.45, 7) is 5.99. The first-order valence-electron chi connectivity index (χ1n) is 6.26. The van der Waals surface area contributed by atoms with Crippen LogP contribution in [0.25, 0.3) is 0 Å². The molecule has 1 heterocycles. The van der Waals surface area contributed by atoms with Crippen LogP contribution in [0.2, 0.25) is 5.02 Å². The summed E-state index contributed by atoms with van der Waals surface area (Å²) in [4.78, 5) is 15.0. The quantitative estimate of drug-likeness (QED) is 0.932. The van der Waals surface area contributed by atoms with Gasteiger partial charge in [0, 0.05) is 5.41 Å². The highest BCUT2D eigenvalue weighted by molar-refractivity contribution is 6.32. The Kier molecular flexibility index (Phi) is 4.18. The van der Waals surface area contributed by atoms with Gasteiger partial charge in [0.2, 0.25) is 0 Å². The number of carbonyl (C=O) groups is 1. The summed E-state index contributed by atoms with van der Waals surface area (Å²) in [6.07, 6.45) is 0. The van der Waals surface area contributed by atoms with Gasteiger partial charge in [0.05, 0.1) is 10.6 Å². The number of halogens is 1. The van der Waals surface area contributed by atoms with Gasteiger partial charge in [0.25, 0.3) is 5.89 Å². The lowest BCUT2D eigenvalue weighted by atomic mass is 9.96. The van der Waals surface area contributed by atoms with Crippen LogP contribution in [-0.2, 0) is 12.0 Å². The first-order chi connectivity index (χ1) is 9.77. The van der Waals surface area contributed by atoms with E-state index >= 15 is 0 Å². The fourth-order valence-corrected chi connectivity index (χ4v) is 1.74. The Hall–Kier alpha value is -2.08. The number of benzene rings is 1. The van der Waals surface area contributed by atoms with Gasteiger partial charge >= 0.3 is 5.97 Å². The van der Waals surface area contributed by atoms with E-state index in [-0.39, 0.29) is 22.6 Å². The van der Waals surface area contributed by atoms with Gasteiger partial charge in [-0.1, -0.05) is 37.5 Å². The Labute approximate surface area is 126 Å². The molecule has 0 aliphatic carbocycles. The average molecular weight is 311 g/mol. The highest BCUT2D eigenvalue weighted by Gasteiger charge is 2.21. The minimum Gasteiger partial charge on any atom is -0.482 e. The molecule has 0 saturated heterocycles. The van der Waals surface area contributed by atoms with Crippen molar-refractivity contribution < 1.29 is 19.2 Å². The minimum atomic E-state index is -1.05. The lowest BCUT2D eigenvalue weighted by Gasteiger charge is -2.11. The van der Waals surface area contributed by atoms with Crippen LogP contribution in [0.15, 0.2) is 22.7 Å². The largest absolute Gasteiger partial charge is 0.482 e. The number of rotatable bonds is 4. The van der Waals surface area contributed by atoms with E-state index < -0.39 is 5.97 Å². The van der Waals surface area contributed by atoms with Crippen LogP contribution in [-0.4, -0.2) is 21.2 Å². The fourth-order valence-electron chi connectivity index (χ4n) is 1.51. The lowest BCUT2D eigenvalue weighted by molar-refractivity contribution is 0.0697. The van der Waals surface area contributed by atoms with E-state index in [4.69, 9.17) is 26.0 Å². The number of carboxylic acid groups (broad SMARTS) is 1. The van der Waals surface area contributed by atoms with Crippen LogP contribution in [0.1, 0.15) is 42.8 Å². The van der Waals surface area contributed by atoms with Gasteiger partial charge in [-0.2, -0.15) is 4.98 Å². The third-order valence-corrected chi connectivity index (χ3v) is 2.96. The molecule has 2 aromatic rings. The van der Waals surface area contributed by atoms with E-state index in [1.807, 2.05) is 20.8 Å². The molecular weight excluding hydrogens is 296 g/mol. The number of ether oxygens (including phenoxy) is 1. The SMILES string of the molecule is CC(C)(C)c1noc(COc2ccc(C(=O)O)cc2Cl)n1. The van der Waals surface area contributed by atoms with Crippen molar-refractivity contribution in [3.05, 3.63) is 40.5 Å². The van der Waals surface area contributed by atoms with E-state index in [0.717, 1.165) is 0 Å². The van der Waals surface area contributed by atoms with Crippen molar-refractivity contribution in [3.63, 3.8) is 0 Å². The maximum absolute atomic E-state index is 10.8. The number of hydrogen-bond acceptors (Lipinski definition) is 5. The van der Waals surface area contributed by atoms with Gasteiger partial charge in [-0.05, 0) is 18.2 Å². The molecule has 1 aromatic carbocycles. The maximum Gasteiger partial charge on any atom is 0.335 e. The number of nitrogens with zero attached hydrogens (tertiary/aromatic N) is 2. The van der Waals surface area contributed by atoms with Crippen LogP contribution in [0.5, 0.6) is 5.75 Å². The zero-order valence-electron chi connectivity index (χ0n) is 11.9. The highest BCUT2D eigenvalue weighted by Crippen LogP contribution is 2.26. The first-order valence-corrected chi connectivity index (χ1v) is 6.64. The monoisotopic (exact) mass is 310 g/mol. The van der Waals surface area contributed by atoms with E-state index in [1.54, 1.807) is 0 Å². The molecule has 0 spiro atoms. The molecule has 0 saturated carbocycles. The Morgan fingerprint density at radius 2 is 2.14 bits per heavy atom. The molecule has 2 rings (SSSR count). The molecule has 112 valence electrons. The Balaban J connectivity index is 2.06. The molecule has 0 unspecified atom stereocenters. The van der Waals surface area contributed by atoms with Gasteiger partial charge < -0.3 is 14.4 Å². The van der Waals surface area contributed by atoms with Crippen molar-refractivity contribution in [2.45, 2.75) is 32.8 Å². The number of carboxylic acids is 1. The summed E-state index contributed by atoms with van der Waals surface area (Å²) >= 11 is 5.96. The molecule has 6 nitrogen and oxygen atoms in total. The standard InChI is InChI=1S/C14H15ClN2O4/c1-14(2,3)13-16-11(21-17-13)7-20-10-5-4-8(12(18)19)6-9(10)15/h4-6H,7H2,1-3H3,(H,18,19). The first kappa shape index (κ1) is 15.3. The van der Waals surface area contributed by atoms with E-state index in [1.165, 1.54) is 18.2 Å². The average Bonchev–Trinajstić information content (AvgIpc) is 2.85. The third-order valence-electron chi connectivity index (χ3n) is 2.67. The number of aromatic nitrogens is 2. The van der Waals surface area contributed by atoms with Crippen LogP contribution < -0.4 is 4.74 Å². The zero-order chi connectivity index (χ0) is 15.6. The normalized spacial score (nSPS) is 11.4. The molecule has 0 radical (unpaired) electrons. The molecule has 21 heavy (non-hydrogen) atoms. The van der Waals surface area contributed by atoms with Gasteiger partial charge in [-0.25, -0.2) is 4.79 Å². The summed E-state index contributed by atoms with van der Waals surface area (Å²) < 4.78 is 10.6. The summed E-state index contributed by atoms with van der Waals surface area (Å²) in [5, 5.41) is 13.0. The maximum atomic E-state index is 10.8. The second-order valence-corrected chi connectivity index (χ2v) is 5.91. The van der Waals surface area contributed by atoms with E-state index in [2.05, 4.69) is 10.1 Å². The topological polar surface area (TPSA) is 85.5 Å². The molecule has 7 heteroatoms. The molecule has 1 N–H and O–H groups in total.